The molecule has 0 aliphatic heterocycles. The highest BCUT2D eigenvalue weighted by Crippen LogP contribution is 2.26. The SMILES string of the molecule is CSc1nccc([C@@H](Br)C(=O)c2ccc(F)cc2)n1. The number of carbonyl (C=O) groups excluding carboxylic acids is 1. The van der Waals surface area contributed by atoms with Crippen LogP contribution in [0.2, 0.25) is 0 Å². The number of alkyl halides is 1. The second-order valence-electron chi connectivity index (χ2n) is 3.70. The summed E-state index contributed by atoms with van der Waals surface area (Å²) < 4.78 is 12.8. The van der Waals surface area contributed by atoms with Crippen LogP contribution in [-0.4, -0.2) is 22.0 Å². The van der Waals surface area contributed by atoms with Gasteiger partial charge in [-0.3, -0.25) is 4.79 Å². The van der Waals surface area contributed by atoms with Gasteiger partial charge in [-0.1, -0.05) is 27.7 Å². The number of thioether (sulfide) groups is 1. The molecule has 0 saturated heterocycles. The van der Waals surface area contributed by atoms with Gasteiger partial charge in [-0.15, -0.1) is 0 Å². The van der Waals surface area contributed by atoms with E-state index in [9.17, 15) is 9.18 Å². The fraction of sp³-hybridized carbons (Fsp3) is 0.154. The summed E-state index contributed by atoms with van der Waals surface area (Å²) in [5.41, 5.74) is 1.03. The maximum absolute atomic E-state index is 12.8. The zero-order valence-corrected chi connectivity index (χ0v) is 12.4. The third kappa shape index (κ3) is 3.39. The molecule has 0 aliphatic rings. The molecule has 6 heteroatoms. The van der Waals surface area contributed by atoms with Gasteiger partial charge >= 0.3 is 0 Å². The highest BCUT2D eigenvalue weighted by Gasteiger charge is 2.20. The Morgan fingerprint density at radius 1 is 1.32 bits per heavy atom. The van der Waals surface area contributed by atoms with Crippen LogP contribution in [0, 0.1) is 5.82 Å². The molecule has 0 spiro atoms. The monoisotopic (exact) mass is 340 g/mol. The van der Waals surface area contributed by atoms with Crippen molar-refractivity contribution in [3.8, 4) is 0 Å². The number of nitrogens with zero attached hydrogens (tertiary/aromatic N) is 2. The molecule has 0 N–H and O–H groups in total. The van der Waals surface area contributed by atoms with Gasteiger partial charge < -0.3 is 0 Å². The van der Waals surface area contributed by atoms with E-state index in [1.54, 1.807) is 12.3 Å². The molecule has 1 aromatic heterocycles. The van der Waals surface area contributed by atoms with Crippen LogP contribution in [0.15, 0.2) is 41.7 Å². The highest BCUT2D eigenvalue weighted by atomic mass is 79.9. The third-order valence-electron chi connectivity index (χ3n) is 2.46. The number of hydrogen-bond acceptors (Lipinski definition) is 4. The molecule has 19 heavy (non-hydrogen) atoms. The van der Waals surface area contributed by atoms with Gasteiger partial charge in [0, 0.05) is 11.8 Å². The lowest BCUT2D eigenvalue weighted by molar-refractivity contribution is 0.0990. The summed E-state index contributed by atoms with van der Waals surface area (Å²) in [4.78, 5) is 20.0. The van der Waals surface area contributed by atoms with E-state index in [0.717, 1.165) is 0 Å². The first-order valence-corrected chi connectivity index (χ1v) is 7.56. The smallest absolute Gasteiger partial charge is 0.187 e. The van der Waals surface area contributed by atoms with Crippen LogP contribution in [-0.2, 0) is 0 Å². The summed E-state index contributed by atoms with van der Waals surface area (Å²) in [6.45, 7) is 0. The zero-order chi connectivity index (χ0) is 13.8. The van der Waals surface area contributed by atoms with Crippen LogP contribution in [0.5, 0.6) is 0 Å². The van der Waals surface area contributed by atoms with E-state index in [2.05, 4.69) is 25.9 Å². The Morgan fingerprint density at radius 3 is 2.63 bits per heavy atom. The van der Waals surface area contributed by atoms with Crippen LogP contribution in [0.3, 0.4) is 0 Å². The minimum atomic E-state index is -0.563. The van der Waals surface area contributed by atoms with Gasteiger partial charge in [0.25, 0.3) is 0 Å². The van der Waals surface area contributed by atoms with Crippen LogP contribution in [0.25, 0.3) is 0 Å². The molecule has 3 nitrogen and oxygen atoms in total. The average Bonchev–Trinajstić information content (AvgIpc) is 2.46. The second kappa shape index (κ2) is 6.25. The number of hydrogen-bond donors (Lipinski definition) is 0. The molecule has 1 heterocycles. The topological polar surface area (TPSA) is 42.9 Å². The summed E-state index contributed by atoms with van der Waals surface area (Å²) >= 11 is 4.73. The van der Waals surface area contributed by atoms with Crippen molar-refractivity contribution in [2.24, 2.45) is 0 Å². The molecule has 1 aromatic carbocycles. The third-order valence-corrected chi connectivity index (χ3v) is 3.90. The van der Waals surface area contributed by atoms with Gasteiger partial charge in [0.15, 0.2) is 10.9 Å². The first kappa shape index (κ1) is 14.1. The van der Waals surface area contributed by atoms with Crippen molar-refractivity contribution in [3.63, 3.8) is 0 Å². The molecule has 1 atom stereocenters. The maximum Gasteiger partial charge on any atom is 0.187 e. The Morgan fingerprint density at radius 2 is 2.00 bits per heavy atom. The number of Topliss-reactive ketones (excluding diaryl/α,β-unsaturated/α-hetero) is 1. The molecule has 98 valence electrons. The summed E-state index contributed by atoms with van der Waals surface area (Å²) in [7, 11) is 0. The molecule has 2 aromatic rings. The predicted molar refractivity (Wildman–Crippen MR) is 76.2 cm³/mol. The Balaban J connectivity index is 2.25. The molecule has 0 unspecified atom stereocenters. The number of benzene rings is 1. The molecule has 0 saturated carbocycles. The standard InChI is InChI=1S/C13H10BrFN2OS/c1-19-13-16-7-6-10(17-13)11(14)12(18)8-2-4-9(15)5-3-8/h2-7,11H,1H3/t11-/m1/s1. The maximum atomic E-state index is 12.8. The van der Waals surface area contributed by atoms with Gasteiger partial charge in [-0.05, 0) is 36.6 Å². The first-order chi connectivity index (χ1) is 9.11. The van der Waals surface area contributed by atoms with E-state index >= 15 is 0 Å². The molecule has 2 rings (SSSR count). The van der Waals surface area contributed by atoms with Crippen molar-refractivity contribution in [2.75, 3.05) is 6.26 Å². The Labute approximate surface area is 122 Å². The summed E-state index contributed by atoms with van der Waals surface area (Å²) in [5, 5.41) is 0.605. The van der Waals surface area contributed by atoms with E-state index in [-0.39, 0.29) is 11.6 Å². The number of halogens is 2. The van der Waals surface area contributed by atoms with Crippen LogP contribution < -0.4 is 0 Å². The Hall–Kier alpha value is -1.27. The molecule has 0 fully saturated rings. The average molecular weight is 341 g/mol. The van der Waals surface area contributed by atoms with Crippen LogP contribution in [0.4, 0.5) is 4.39 Å². The van der Waals surface area contributed by atoms with Crippen molar-refractivity contribution in [1.29, 1.82) is 0 Å². The quantitative estimate of drug-likeness (QED) is 0.368. The second-order valence-corrected chi connectivity index (χ2v) is 5.39. The van der Waals surface area contributed by atoms with Crippen molar-refractivity contribution in [3.05, 3.63) is 53.6 Å². The first-order valence-electron chi connectivity index (χ1n) is 5.42. The van der Waals surface area contributed by atoms with Gasteiger partial charge in [-0.2, -0.15) is 0 Å². The van der Waals surface area contributed by atoms with Gasteiger partial charge in [0.05, 0.1) is 5.69 Å². The van der Waals surface area contributed by atoms with E-state index in [1.165, 1.54) is 36.0 Å². The van der Waals surface area contributed by atoms with Crippen molar-refractivity contribution < 1.29 is 9.18 Å². The predicted octanol–water partition coefficient (Wildman–Crippen LogP) is 3.66. The molecule has 0 aliphatic carbocycles. The van der Waals surface area contributed by atoms with E-state index in [1.807, 2.05) is 6.26 Å². The number of aromatic nitrogens is 2. The van der Waals surface area contributed by atoms with Crippen molar-refractivity contribution in [1.82, 2.24) is 9.97 Å². The summed E-state index contributed by atoms with van der Waals surface area (Å²) in [6, 6.07) is 7.13. The van der Waals surface area contributed by atoms with Crippen LogP contribution >= 0.6 is 27.7 Å². The van der Waals surface area contributed by atoms with E-state index in [0.29, 0.717) is 16.4 Å². The van der Waals surface area contributed by atoms with E-state index in [4.69, 9.17) is 0 Å². The fourth-order valence-electron chi connectivity index (χ4n) is 1.49. The van der Waals surface area contributed by atoms with E-state index < -0.39 is 4.83 Å². The lowest BCUT2D eigenvalue weighted by Crippen LogP contribution is -2.09. The van der Waals surface area contributed by atoms with Crippen molar-refractivity contribution in [2.45, 2.75) is 9.98 Å². The highest BCUT2D eigenvalue weighted by molar-refractivity contribution is 9.09. The fourth-order valence-corrected chi connectivity index (χ4v) is 2.37. The Kier molecular flexibility index (Phi) is 4.66. The summed E-state index contributed by atoms with van der Waals surface area (Å²) in [5.74, 6) is -0.528. The Bertz CT molecular complexity index is 591. The van der Waals surface area contributed by atoms with Crippen LogP contribution in [0.1, 0.15) is 20.9 Å². The molecular weight excluding hydrogens is 331 g/mol. The zero-order valence-electron chi connectivity index (χ0n) is 10.0. The number of carbonyl (C=O) groups is 1. The minimum absolute atomic E-state index is 0.161. The van der Waals surface area contributed by atoms with Gasteiger partial charge in [-0.25, -0.2) is 14.4 Å². The van der Waals surface area contributed by atoms with Gasteiger partial charge in [0.1, 0.15) is 10.6 Å². The minimum Gasteiger partial charge on any atom is -0.292 e. The molecular formula is C13H10BrFN2OS. The molecule has 0 bridgehead atoms. The number of rotatable bonds is 4. The van der Waals surface area contributed by atoms with Crippen molar-refractivity contribution >= 4 is 33.5 Å². The summed E-state index contributed by atoms with van der Waals surface area (Å²) in [6.07, 6.45) is 3.48. The lowest BCUT2D eigenvalue weighted by Gasteiger charge is -2.09. The normalized spacial score (nSPS) is 12.2. The lowest BCUT2D eigenvalue weighted by atomic mass is 10.1. The molecule has 0 amide bonds. The largest absolute Gasteiger partial charge is 0.292 e. The van der Waals surface area contributed by atoms with Gasteiger partial charge in [0.2, 0.25) is 0 Å². The number of ketones is 1. The molecule has 0 radical (unpaired) electrons.